The predicted octanol–water partition coefficient (Wildman–Crippen LogP) is 3.03. The van der Waals surface area contributed by atoms with E-state index in [0.29, 0.717) is 19.5 Å². The lowest BCUT2D eigenvalue weighted by molar-refractivity contribution is 0.0658. The maximum absolute atomic E-state index is 13.0. The molecule has 1 atom stereocenters. The van der Waals surface area contributed by atoms with Crippen LogP contribution >= 0.6 is 0 Å². The lowest BCUT2D eigenvalue weighted by Crippen LogP contribution is -2.48. The molecule has 7 nitrogen and oxygen atoms in total. The molecule has 1 aromatic heterocycles. The number of hydrogen-bond donors (Lipinski definition) is 1. The molecule has 1 N–H and O–H groups in total. The molecule has 0 saturated heterocycles. The van der Waals surface area contributed by atoms with Gasteiger partial charge in [0.15, 0.2) is 0 Å². The van der Waals surface area contributed by atoms with Gasteiger partial charge in [-0.05, 0) is 45.0 Å². The van der Waals surface area contributed by atoms with E-state index in [0.717, 1.165) is 35.0 Å². The average molecular weight is 370 g/mol. The number of nitrogens with one attached hydrogen (secondary N) is 1. The Labute approximate surface area is 159 Å². The minimum absolute atomic E-state index is 0.0587. The first-order valence-corrected chi connectivity index (χ1v) is 9.30. The van der Waals surface area contributed by atoms with Gasteiger partial charge in [-0.3, -0.25) is 4.68 Å². The van der Waals surface area contributed by atoms with Crippen molar-refractivity contribution < 1.29 is 14.3 Å². The van der Waals surface area contributed by atoms with Crippen LogP contribution in [0.2, 0.25) is 0 Å². The van der Waals surface area contributed by atoms with Gasteiger partial charge in [0.05, 0.1) is 37.6 Å². The summed E-state index contributed by atoms with van der Waals surface area (Å²) in [5, 5.41) is 7.67. The van der Waals surface area contributed by atoms with Crippen LogP contribution in [-0.4, -0.2) is 40.0 Å². The largest absolute Gasteiger partial charge is 0.497 e. The number of carbonyl (C=O) groups excluding carboxylic acids is 1. The Hall–Kier alpha value is -2.70. The second-order valence-corrected chi connectivity index (χ2v) is 7.89. The Balaban J connectivity index is 1.54. The summed E-state index contributed by atoms with van der Waals surface area (Å²) in [6, 6.07) is 7.60. The molecule has 0 bridgehead atoms. The zero-order chi connectivity index (χ0) is 19.2. The molecule has 0 saturated carbocycles. The highest BCUT2D eigenvalue weighted by molar-refractivity contribution is 5.75. The van der Waals surface area contributed by atoms with Crippen molar-refractivity contribution in [2.75, 3.05) is 13.7 Å². The van der Waals surface area contributed by atoms with Crippen LogP contribution in [0.1, 0.15) is 43.3 Å². The van der Waals surface area contributed by atoms with Crippen molar-refractivity contribution in [3.63, 3.8) is 0 Å². The third kappa shape index (κ3) is 3.46. The summed E-state index contributed by atoms with van der Waals surface area (Å²) < 4.78 is 13.4. The van der Waals surface area contributed by atoms with E-state index in [1.165, 1.54) is 0 Å². The van der Waals surface area contributed by atoms with Crippen molar-refractivity contribution in [1.82, 2.24) is 20.0 Å². The van der Waals surface area contributed by atoms with Crippen LogP contribution in [0.3, 0.4) is 0 Å². The third-order valence-corrected chi connectivity index (χ3v) is 5.18. The lowest BCUT2D eigenvalue weighted by atomic mass is 9.89. The molecular weight excluding hydrogens is 344 g/mol. The highest BCUT2D eigenvalue weighted by Crippen LogP contribution is 2.41. The Morgan fingerprint density at radius 1 is 1.33 bits per heavy atom. The molecule has 2 aliphatic heterocycles. The molecular formula is C20H26N4O3. The Kier molecular flexibility index (Phi) is 4.25. The second-order valence-electron chi connectivity index (χ2n) is 7.89. The minimum Gasteiger partial charge on any atom is -0.497 e. The molecule has 27 heavy (non-hydrogen) atoms. The number of ether oxygens (including phenoxy) is 2. The standard InChI is InChI=1S/C20H26N4O3/c1-13-9-14-12-23(7-8-24(14)22-13)19(25)21-17-11-20(2,3)27-18-6-5-15(26-4)10-16(17)18/h5-6,9-10,17H,7-8,11-12H2,1-4H3,(H,21,25)/t17-/m1/s1. The molecule has 0 aliphatic carbocycles. The molecule has 2 aliphatic rings. The molecule has 4 rings (SSSR count). The van der Waals surface area contributed by atoms with E-state index in [-0.39, 0.29) is 17.7 Å². The Morgan fingerprint density at radius 2 is 2.15 bits per heavy atom. The Morgan fingerprint density at radius 3 is 2.93 bits per heavy atom. The summed E-state index contributed by atoms with van der Waals surface area (Å²) in [6.07, 6.45) is 0.698. The maximum atomic E-state index is 13.0. The summed E-state index contributed by atoms with van der Waals surface area (Å²) in [4.78, 5) is 14.8. The van der Waals surface area contributed by atoms with Crippen LogP contribution in [0.5, 0.6) is 11.5 Å². The van der Waals surface area contributed by atoms with Crippen LogP contribution in [0.15, 0.2) is 24.3 Å². The first kappa shape index (κ1) is 17.7. The van der Waals surface area contributed by atoms with E-state index in [2.05, 4.69) is 10.4 Å². The monoisotopic (exact) mass is 370 g/mol. The van der Waals surface area contributed by atoms with Crippen LogP contribution in [0.4, 0.5) is 4.79 Å². The Bertz CT molecular complexity index is 874. The van der Waals surface area contributed by atoms with Crippen molar-refractivity contribution in [3.05, 3.63) is 41.2 Å². The summed E-state index contributed by atoms with van der Waals surface area (Å²) in [6.45, 7) is 8.01. The molecule has 2 aromatic rings. The smallest absolute Gasteiger partial charge is 0.318 e. The molecule has 0 fully saturated rings. The number of benzene rings is 1. The van der Waals surface area contributed by atoms with Gasteiger partial charge in [0.1, 0.15) is 17.1 Å². The highest BCUT2D eigenvalue weighted by Gasteiger charge is 2.36. The fraction of sp³-hybridized carbons (Fsp3) is 0.500. The summed E-state index contributed by atoms with van der Waals surface area (Å²) in [7, 11) is 1.64. The van der Waals surface area contributed by atoms with Gasteiger partial charge in [-0.2, -0.15) is 5.10 Å². The van der Waals surface area contributed by atoms with Crippen LogP contribution in [0, 0.1) is 6.92 Å². The molecule has 2 amide bonds. The average Bonchev–Trinajstić information content (AvgIpc) is 2.99. The van der Waals surface area contributed by atoms with Gasteiger partial charge in [0.25, 0.3) is 0 Å². The van der Waals surface area contributed by atoms with E-state index in [1.807, 2.05) is 54.6 Å². The van der Waals surface area contributed by atoms with Gasteiger partial charge in [-0.25, -0.2) is 4.79 Å². The van der Waals surface area contributed by atoms with E-state index in [4.69, 9.17) is 9.47 Å². The number of aromatic nitrogens is 2. The number of hydrogen-bond acceptors (Lipinski definition) is 4. The predicted molar refractivity (Wildman–Crippen MR) is 101 cm³/mol. The minimum atomic E-state index is -0.350. The van der Waals surface area contributed by atoms with Gasteiger partial charge >= 0.3 is 6.03 Å². The van der Waals surface area contributed by atoms with Crippen LogP contribution in [-0.2, 0) is 13.1 Å². The summed E-state index contributed by atoms with van der Waals surface area (Å²) in [5.41, 5.74) is 2.67. The van der Waals surface area contributed by atoms with E-state index in [1.54, 1.807) is 7.11 Å². The van der Waals surface area contributed by atoms with Crippen LogP contribution < -0.4 is 14.8 Å². The molecule has 0 unspecified atom stereocenters. The second kappa shape index (κ2) is 6.48. The fourth-order valence-electron chi connectivity index (χ4n) is 3.91. The molecule has 0 spiro atoms. The molecule has 144 valence electrons. The number of aryl methyl sites for hydroxylation is 1. The van der Waals surface area contributed by atoms with E-state index >= 15 is 0 Å². The van der Waals surface area contributed by atoms with Crippen molar-refractivity contribution in [2.24, 2.45) is 0 Å². The van der Waals surface area contributed by atoms with Gasteiger partial charge in [-0.15, -0.1) is 0 Å². The molecule has 7 heteroatoms. The van der Waals surface area contributed by atoms with Crippen molar-refractivity contribution in [1.29, 1.82) is 0 Å². The number of rotatable bonds is 2. The topological polar surface area (TPSA) is 68.6 Å². The quantitative estimate of drug-likeness (QED) is 0.882. The van der Waals surface area contributed by atoms with Gasteiger partial charge in [-0.1, -0.05) is 0 Å². The van der Waals surface area contributed by atoms with E-state index in [9.17, 15) is 4.79 Å². The maximum Gasteiger partial charge on any atom is 0.318 e. The lowest BCUT2D eigenvalue weighted by Gasteiger charge is -2.39. The van der Waals surface area contributed by atoms with Gasteiger partial charge in [0, 0.05) is 18.5 Å². The van der Waals surface area contributed by atoms with Crippen molar-refractivity contribution in [3.8, 4) is 11.5 Å². The van der Waals surface area contributed by atoms with Gasteiger partial charge in [0.2, 0.25) is 0 Å². The van der Waals surface area contributed by atoms with E-state index < -0.39 is 0 Å². The molecule has 3 heterocycles. The molecule has 0 radical (unpaired) electrons. The SMILES string of the molecule is COc1ccc2c(c1)[C@H](NC(=O)N1CCn3nc(C)cc3C1)CC(C)(C)O2. The number of fused-ring (bicyclic) bond motifs is 2. The van der Waals surface area contributed by atoms with Crippen molar-refractivity contribution >= 4 is 6.03 Å². The number of nitrogens with zero attached hydrogens (tertiary/aromatic N) is 3. The number of methoxy groups -OCH3 is 1. The first-order chi connectivity index (χ1) is 12.8. The first-order valence-electron chi connectivity index (χ1n) is 9.30. The fourth-order valence-corrected chi connectivity index (χ4v) is 3.91. The normalized spacial score (nSPS) is 20.3. The third-order valence-electron chi connectivity index (χ3n) is 5.18. The number of amides is 2. The summed E-state index contributed by atoms with van der Waals surface area (Å²) in [5.74, 6) is 1.55. The zero-order valence-corrected chi connectivity index (χ0v) is 16.3. The van der Waals surface area contributed by atoms with Crippen molar-refractivity contribution in [2.45, 2.75) is 51.9 Å². The van der Waals surface area contributed by atoms with Gasteiger partial charge < -0.3 is 19.7 Å². The number of carbonyl (C=O) groups is 1. The highest BCUT2D eigenvalue weighted by atomic mass is 16.5. The summed E-state index contributed by atoms with van der Waals surface area (Å²) >= 11 is 0. The zero-order valence-electron chi connectivity index (χ0n) is 16.3. The van der Waals surface area contributed by atoms with Crippen LogP contribution in [0.25, 0.3) is 0 Å². The number of urea groups is 1. The molecule has 1 aromatic carbocycles.